The fraction of sp³-hybridized carbons (Fsp3) is 0.500. The molecule has 1 unspecified atom stereocenters. The molecule has 3 heteroatoms. The smallest absolute Gasteiger partial charge is 0.228 e. The van der Waals surface area contributed by atoms with Crippen LogP contribution >= 0.6 is 0 Å². The summed E-state index contributed by atoms with van der Waals surface area (Å²) in [5, 5.41) is 0. The van der Waals surface area contributed by atoms with E-state index in [0.717, 1.165) is 12.1 Å². The summed E-state index contributed by atoms with van der Waals surface area (Å²) >= 11 is 0. The summed E-state index contributed by atoms with van der Waals surface area (Å²) in [5.41, 5.74) is 8.07. The fourth-order valence-electron chi connectivity index (χ4n) is 2.27. The predicted octanol–water partition coefficient (Wildman–Crippen LogP) is 1.95. The van der Waals surface area contributed by atoms with Crippen molar-refractivity contribution in [3.05, 3.63) is 29.8 Å². The third-order valence-electron chi connectivity index (χ3n) is 3.05. The highest BCUT2D eigenvalue weighted by molar-refractivity contribution is 5.96. The van der Waals surface area contributed by atoms with Gasteiger partial charge in [-0.25, -0.2) is 0 Å². The normalized spacial score (nSPS) is 20.4. The van der Waals surface area contributed by atoms with Crippen LogP contribution in [0.5, 0.6) is 0 Å². The average Bonchev–Trinajstić information content (AvgIpc) is 2.58. The molecule has 1 aromatic carbocycles. The number of hydrogen-bond donors (Lipinski definition) is 1. The van der Waals surface area contributed by atoms with Gasteiger partial charge in [0.05, 0.1) is 0 Å². The molecule has 0 bridgehead atoms. The van der Waals surface area contributed by atoms with Crippen molar-refractivity contribution in [3.8, 4) is 0 Å². The lowest BCUT2D eigenvalue weighted by atomic mass is 10.0. The first kappa shape index (κ1) is 12.1. The number of benzene rings is 1. The van der Waals surface area contributed by atoms with Gasteiger partial charge in [0.2, 0.25) is 5.91 Å². The van der Waals surface area contributed by atoms with Crippen LogP contribution in [0, 0.1) is 5.92 Å². The van der Waals surface area contributed by atoms with E-state index < -0.39 is 0 Å². The Bertz CT molecular complexity index is 397. The van der Waals surface area contributed by atoms with E-state index in [1.54, 1.807) is 4.90 Å². The highest BCUT2D eigenvalue weighted by atomic mass is 16.2. The van der Waals surface area contributed by atoms with Crippen LogP contribution in [0.3, 0.4) is 0 Å². The molecule has 3 nitrogen and oxygen atoms in total. The molecule has 1 fully saturated rings. The predicted molar refractivity (Wildman–Crippen MR) is 69.9 cm³/mol. The molecule has 1 heterocycles. The van der Waals surface area contributed by atoms with Gasteiger partial charge in [-0.1, -0.05) is 26.0 Å². The SMILES string of the molecule is CC(C)Cc1ccc(N2CC(N)CC2=O)cc1. The Hall–Kier alpha value is -1.35. The van der Waals surface area contributed by atoms with Gasteiger partial charge in [-0.15, -0.1) is 0 Å². The molecule has 2 N–H and O–H groups in total. The number of nitrogens with zero attached hydrogens (tertiary/aromatic N) is 1. The number of hydrogen-bond acceptors (Lipinski definition) is 2. The van der Waals surface area contributed by atoms with Crippen LogP contribution in [-0.4, -0.2) is 18.5 Å². The molecule has 2 rings (SSSR count). The van der Waals surface area contributed by atoms with E-state index in [1.165, 1.54) is 5.56 Å². The number of carbonyl (C=O) groups is 1. The van der Waals surface area contributed by atoms with Crippen LogP contribution in [0.1, 0.15) is 25.8 Å². The van der Waals surface area contributed by atoms with Crippen LogP contribution < -0.4 is 10.6 Å². The molecule has 1 atom stereocenters. The second kappa shape index (κ2) is 4.88. The largest absolute Gasteiger partial charge is 0.326 e. The van der Waals surface area contributed by atoms with E-state index in [4.69, 9.17) is 5.73 Å². The first-order chi connectivity index (χ1) is 8.06. The summed E-state index contributed by atoms with van der Waals surface area (Å²) < 4.78 is 0. The molecule has 1 saturated heterocycles. The Morgan fingerprint density at radius 1 is 1.35 bits per heavy atom. The second-order valence-corrected chi connectivity index (χ2v) is 5.23. The Morgan fingerprint density at radius 2 is 2.00 bits per heavy atom. The number of carbonyl (C=O) groups excluding carboxylic acids is 1. The Morgan fingerprint density at radius 3 is 2.47 bits per heavy atom. The molecular formula is C14H20N2O. The molecule has 1 amide bonds. The van der Waals surface area contributed by atoms with Crippen molar-refractivity contribution >= 4 is 11.6 Å². The Balaban J connectivity index is 2.10. The maximum Gasteiger partial charge on any atom is 0.228 e. The van der Waals surface area contributed by atoms with Crippen molar-refractivity contribution in [2.75, 3.05) is 11.4 Å². The quantitative estimate of drug-likeness (QED) is 0.865. The molecule has 0 radical (unpaired) electrons. The van der Waals surface area contributed by atoms with Crippen LogP contribution in [-0.2, 0) is 11.2 Å². The highest BCUT2D eigenvalue weighted by Gasteiger charge is 2.27. The minimum absolute atomic E-state index is 0.0159. The summed E-state index contributed by atoms with van der Waals surface area (Å²) in [6, 6.07) is 8.23. The van der Waals surface area contributed by atoms with E-state index in [0.29, 0.717) is 18.9 Å². The summed E-state index contributed by atoms with van der Waals surface area (Å²) in [6.07, 6.45) is 1.54. The van der Waals surface area contributed by atoms with Gasteiger partial charge in [0, 0.05) is 24.7 Å². The maximum atomic E-state index is 11.7. The van der Waals surface area contributed by atoms with E-state index >= 15 is 0 Å². The summed E-state index contributed by atoms with van der Waals surface area (Å²) in [4.78, 5) is 13.5. The Kier molecular flexibility index (Phi) is 3.48. The van der Waals surface area contributed by atoms with Gasteiger partial charge in [-0.3, -0.25) is 4.79 Å². The molecule has 1 aliphatic rings. The van der Waals surface area contributed by atoms with E-state index in [-0.39, 0.29) is 11.9 Å². The zero-order valence-corrected chi connectivity index (χ0v) is 10.5. The van der Waals surface area contributed by atoms with Gasteiger partial charge >= 0.3 is 0 Å². The Labute approximate surface area is 103 Å². The van der Waals surface area contributed by atoms with Crippen molar-refractivity contribution in [2.45, 2.75) is 32.7 Å². The lowest BCUT2D eigenvalue weighted by Crippen LogP contribution is -2.27. The molecule has 0 aliphatic carbocycles. The molecular weight excluding hydrogens is 212 g/mol. The zero-order valence-electron chi connectivity index (χ0n) is 10.5. The van der Waals surface area contributed by atoms with Crippen LogP contribution in [0.25, 0.3) is 0 Å². The summed E-state index contributed by atoms with van der Waals surface area (Å²) in [5.74, 6) is 0.789. The van der Waals surface area contributed by atoms with Gasteiger partial charge in [-0.05, 0) is 30.0 Å². The first-order valence-electron chi connectivity index (χ1n) is 6.21. The van der Waals surface area contributed by atoms with Gasteiger partial charge in [-0.2, -0.15) is 0 Å². The zero-order chi connectivity index (χ0) is 12.4. The topological polar surface area (TPSA) is 46.3 Å². The third-order valence-corrected chi connectivity index (χ3v) is 3.05. The number of rotatable bonds is 3. The van der Waals surface area contributed by atoms with Crippen molar-refractivity contribution in [1.82, 2.24) is 0 Å². The van der Waals surface area contributed by atoms with Gasteiger partial charge in [0.15, 0.2) is 0 Å². The van der Waals surface area contributed by atoms with Crippen LogP contribution in [0.4, 0.5) is 5.69 Å². The minimum atomic E-state index is -0.0159. The van der Waals surface area contributed by atoms with Crippen molar-refractivity contribution in [3.63, 3.8) is 0 Å². The molecule has 0 saturated carbocycles. The highest BCUT2D eigenvalue weighted by Crippen LogP contribution is 2.22. The summed E-state index contributed by atoms with van der Waals surface area (Å²) in [7, 11) is 0. The van der Waals surface area contributed by atoms with E-state index in [9.17, 15) is 4.79 Å². The number of amides is 1. The minimum Gasteiger partial charge on any atom is -0.326 e. The van der Waals surface area contributed by atoms with Crippen molar-refractivity contribution < 1.29 is 4.79 Å². The van der Waals surface area contributed by atoms with Crippen molar-refractivity contribution in [2.24, 2.45) is 11.7 Å². The standard InChI is InChI=1S/C14H20N2O/c1-10(2)7-11-3-5-13(6-4-11)16-9-12(15)8-14(16)17/h3-6,10,12H,7-9,15H2,1-2H3. The number of anilines is 1. The third kappa shape index (κ3) is 2.86. The second-order valence-electron chi connectivity index (χ2n) is 5.23. The first-order valence-corrected chi connectivity index (χ1v) is 6.21. The van der Waals surface area contributed by atoms with Gasteiger partial charge in [0.25, 0.3) is 0 Å². The van der Waals surface area contributed by atoms with Gasteiger partial charge < -0.3 is 10.6 Å². The van der Waals surface area contributed by atoms with Gasteiger partial charge in [0.1, 0.15) is 0 Å². The number of nitrogens with two attached hydrogens (primary N) is 1. The monoisotopic (exact) mass is 232 g/mol. The fourth-order valence-corrected chi connectivity index (χ4v) is 2.27. The lowest BCUT2D eigenvalue weighted by molar-refractivity contribution is -0.117. The molecule has 0 spiro atoms. The lowest BCUT2D eigenvalue weighted by Gasteiger charge is -2.16. The summed E-state index contributed by atoms with van der Waals surface area (Å²) in [6.45, 7) is 5.05. The average molecular weight is 232 g/mol. The maximum absolute atomic E-state index is 11.7. The molecule has 0 aromatic heterocycles. The van der Waals surface area contributed by atoms with E-state index in [2.05, 4.69) is 26.0 Å². The van der Waals surface area contributed by atoms with Crippen molar-refractivity contribution in [1.29, 1.82) is 0 Å². The molecule has 1 aliphatic heterocycles. The molecule has 92 valence electrons. The van der Waals surface area contributed by atoms with Crippen LogP contribution in [0.15, 0.2) is 24.3 Å². The molecule has 17 heavy (non-hydrogen) atoms. The molecule has 1 aromatic rings. The van der Waals surface area contributed by atoms with Crippen LogP contribution in [0.2, 0.25) is 0 Å². The van der Waals surface area contributed by atoms with E-state index in [1.807, 2.05) is 12.1 Å².